The maximum atomic E-state index is 11.2. The number of benzene rings is 1. The van der Waals surface area contributed by atoms with Gasteiger partial charge in [-0.1, -0.05) is 28.9 Å². The Morgan fingerprint density at radius 2 is 2.35 bits per heavy atom. The maximum absolute atomic E-state index is 11.2. The number of aromatic nitrogens is 2. The normalized spacial score (nSPS) is 18.9. The van der Waals surface area contributed by atoms with Crippen molar-refractivity contribution in [2.75, 3.05) is 26.2 Å². The van der Waals surface area contributed by atoms with Crippen LogP contribution in [0.5, 0.6) is 0 Å². The van der Waals surface area contributed by atoms with E-state index in [0.29, 0.717) is 42.9 Å². The van der Waals surface area contributed by atoms with E-state index in [1.54, 1.807) is 12.1 Å². The summed E-state index contributed by atoms with van der Waals surface area (Å²) in [6, 6.07) is 7.29. The van der Waals surface area contributed by atoms with Gasteiger partial charge in [-0.2, -0.15) is 4.98 Å². The summed E-state index contributed by atoms with van der Waals surface area (Å²) >= 11 is 5.96. The third-order valence-electron chi connectivity index (χ3n) is 3.66. The first-order chi connectivity index (χ1) is 11.1. The van der Waals surface area contributed by atoms with E-state index < -0.39 is 12.0 Å². The van der Waals surface area contributed by atoms with Crippen molar-refractivity contribution >= 4 is 17.5 Å². The van der Waals surface area contributed by atoms with Crippen LogP contribution in [0.4, 0.5) is 0 Å². The second-order valence-corrected chi connectivity index (χ2v) is 5.77. The molecule has 1 unspecified atom stereocenters. The Bertz CT molecular complexity index is 691. The van der Waals surface area contributed by atoms with Gasteiger partial charge in [0.05, 0.1) is 6.61 Å². The van der Waals surface area contributed by atoms with E-state index in [-0.39, 0.29) is 0 Å². The van der Waals surface area contributed by atoms with Crippen molar-refractivity contribution in [2.45, 2.75) is 12.5 Å². The van der Waals surface area contributed by atoms with E-state index in [1.165, 1.54) is 0 Å². The van der Waals surface area contributed by atoms with Crippen molar-refractivity contribution in [2.24, 2.45) is 5.73 Å². The molecule has 0 spiro atoms. The topological polar surface area (TPSA) is 94.5 Å². The number of primary amides is 1. The summed E-state index contributed by atoms with van der Waals surface area (Å²) in [5.74, 6) is 0.623. The third kappa shape index (κ3) is 4.07. The zero-order valence-corrected chi connectivity index (χ0v) is 13.2. The fourth-order valence-electron chi connectivity index (χ4n) is 2.43. The number of halogens is 1. The molecule has 1 atom stereocenters. The zero-order valence-electron chi connectivity index (χ0n) is 12.4. The number of hydrogen-bond donors (Lipinski definition) is 1. The summed E-state index contributed by atoms with van der Waals surface area (Å²) < 4.78 is 10.6. The highest BCUT2D eigenvalue weighted by atomic mass is 35.5. The molecule has 8 heteroatoms. The maximum Gasteiger partial charge on any atom is 0.247 e. The van der Waals surface area contributed by atoms with Crippen LogP contribution in [0.15, 0.2) is 28.8 Å². The van der Waals surface area contributed by atoms with Crippen LogP contribution >= 0.6 is 11.6 Å². The molecule has 7 nitrogen and oxygen atoms in total. The molecule has 0 aliphatic carbocycles. The summed E-state index contributed by atoms with van der Waals surface area (Å²) in [6.45, 7) is 2.43. The largest absolute Gasteiger partial charge is 0.367 e. The number of carbonyl (C=O) groups excluding carboxylic acids is 1. The quantitative estimate of drug-likeness (QED) is 0.879. The predicted molar refractivity (Wildman–Crippen MR) is 83.8 cm³/mol. The minimum absolute atomic E-state index is 0.435. The molecule has 2 aromatic rings. The molecule has 1 aromatic heterocycles. The van der Waals surface area contributed by atoms with Gasteiger partial charge in [0, 0.05) is 36.6 Å². The molecular weight excluding hydrogens is 320 g/mol. The Labute approximate surface area is 138 Å². The Hall–Kier alpha value is -1.96. The lowest BCUT2D eigenvalue weighted by Crippen LogP contribution is -2.48. The molecule has 1 aliphatic rings. The summed E-state index contributed by atoms with van der Waals surface area (Å²) in [4.78, 5) is 17.7. The second kappa shape index (κ2) is 7.08. The van der Waals surface area contributed by atoms with Gasteiger partial charge in [-0.05, 0) is 12.1 Å². The lowest BCUT2D eigenvalue weighted by Gasteiger charge is -2.30. The Morgan fingerprint density at radius 3 is 3.13 bits per heavy atom. The van der Waals surface area contributed by atoms with Crippen LogP contribution in [0.1, 0.15) is 5.89 Å². The second-order valence-electron chi connectivity index (χ2n) is 5.33. The molecule has 0 saturated carbocycles. The van der Waals surface area contributed by atoms with E-state index in [2.05, 4.69) is 15.0 Å². The standard InChI is InChI=1S/C15H17ClN4O3/c16-11-3-1-2-10(8-11)15-18-13(23-19-15)4-5-20-6-7-22-12(9-20)14(17)21/h1-3,8,12H,4-7,9H2,(H2,17,21). The smallest absolute Gasteiger partial charge is 0.247 e. The molecule has 1 aromatic carbocycles. The van der Waals surface area contributed by atoms with Gasteiger partial charge in [-0.15, -0.1) is 0 Å². The molecule has 1 amide bonds. The van der Waals surface area contributed by atoms with Crippen LogP contribution in [0.25, 0.3) is 11.4 Å². The number of ether oxygens (including phenoxy) is 1. The van der Waals surface area contributed by atoms with Crippen LogP contribution in [0.3, 0.4) is 0 Å². The Morgan fingerprint density at radius 1 is 1.48 bits per heavy atom. The number of amides is 1. The van der Waals surface area contributed by atoms with Gasteiger partial charge < -0.3 is 15.0 Å². The highest BCUT2D eigenvalue weighted by Gasteiger charge is 2.24. The van der Waals surface area contributed by atoms with E-state index in [1.807, 2.05) is 12.1 Å². The molecule has 2 N–H and O–H groups in total. The van der Waals surface area contributed by atoms with Crippen LogP contribution < -0.4 is 5.73 Å². The van der Waals surface area contributed by atoms with Crippen molar-refractivity contribution in [3.8, 4) is 11.4 Å². The van der Waals surface area contributed by atoms with Crippen LogP contribution in [0.2, 0.25) is 5.02 Å². The van der Waals surface area contributed by atoms with Crippen LogP contribution in [0, 0.1) is 0 Å². The van der Waals surface area contributed by atoms with Gasteiger partial charge in [0.1, 0.15) is 6.10 Å². The van der Waals surface area contributed by atoms with Gasteiger partial charge in [0.25, 0.3) is 0 Å². The van der Waals surface area contributed by atoms with Crippen molar-refractivity contribution in [1.29, 1.82) is 0 Å². The minimum atomic E-state index is -0.548. The average Bonchev–Trinajstić information content (AvgIpc) is 3.02. The third-order valence-corrected chi connectivity index (χ3v) is 3.90. The van der Waals surface area contributed by atoms with Gasteiger partial charge in [-0.25, -0.2) is 0 Å². The number of morpholine rings is 1. The van der Waals surface area contributed by atoms with Crippen molar-refractivity contribution < 1.29 is 14.1 Å². The molecule has 3 rings (SSSR count). The summed E-state index contributed by atoms with van der Waals surface area (Å²) in [5.41, 5.74) is 6.09. The number of carbonyl (C=O) groups is 1. The predicted octanol–water partition coefficient (Wildman–Crippen LogP) is 1.12. The summed E-state index contributed by atoms with van der Waals surface area (Å²) in [7, 11) is 0. The molecular formula is C15H17ClN4O3. The first-order valence-corrected chi connectivity index (χ1v) is 7.71. The monoisotopic (exact) mass is 336 g/mol. The van der Waals surface area contributed by atoms with Crippen molar-refractivity contribution in [3.63, 3.8) is 0 Å². The zero-order chi connectivity index (χ0) is 16.2. The molecule has 1 fully saturated rings. The number of nitrogens with zero attached hydrogens (tertiary/aromatic N) is 3. The average molecular weight is 337 g/mol. The SMILES string of the molecule is NC(=O)C1CN(CCc2nc(-c3cccc(Cl)c3)no2)CCO1. The van der Waals surface area contributed by atoms with Gasteiger partial charge in [-0.3, -0.25) is 9.69 Å². The highest BCUT2D eigenvalue weighted by molar-refractivity contribution is 6.30. The number of rotatable bonds is 5. The van der Waals surface area contributed by atoms with E-state index in [9.17, 15) is 4.79 Å². The number of nitrogens with two attached hydrogens (primary N) is 1. The molecule has 0 radical (unpaired) electrons. The lowest BCUT2D eigenvalue weighted by atomic mass is 10.2. The number of hydrogen-bond acceptors (Lipinski definition) is 6. The van der Waals surface area contributed by atoms with Crippen molar-refractivity contribution in [3.05, 3.63) is 35.2 Å². The molecule has 1 saturated heterocycles. The lowest BCUT2D eigenvalue weighted by molar-refractivity contribution is -0.135. The van der Waals surface area contributed by atoms with Crippen molar-refractivity contribution in [1.82, 2.24) is 15.0 Å². The highest BCUT2D eigenvalue weighted by Crippen LogP contribution is 2.20. The molecule has 0 bridgehead atoms. The van der Waals surface area contributed by atoms with Crippen LogP contribution in [-0.2, 0) is 16.0 Å². The summed E-state index contributed by atoms with van der Waals surface area (Å²) in [5, 5.41) is 4.60. The molecule has 1 aliphatic heterocycles. The van der Waals surface area contributed by atoms with Gasteiger partial charge in [0.15, 0.2) is 0 Å². The van der Waals surface area contributed by atoms with Gasteiger partial charge in [0.2, 0.25) is 17.6 Å². The minimum Gasteiger partial charge on any atom is -0.367 e. The molecule has 122 valence electrons. The fourth-order valence-corrected chi connectivity index (χ4v) is 2.62. The van der Waals surface area contributed by atoms with E-state index in [0.717, 1.165) is 12.1 Å². The van der Waals surface area contributed by atoms with E-state index >= 15 is 0 Å². The first kappa shape index (κ1) is 15.9. The Balaban J connectivity index is 1.58. The Kier molecular flexibility index (Phi) is 4.90. The first-order valence-electron chi connectivity index (χ1n) is 7.33. The molecule has 2 heterocycles. The van der Waals surface area contributed by atoms with Gasteiger partial charge >= 0.3 is 0 Å². The summed E-state index contributed by atoms with van der Waals surface area (Å²) in [6.07, 6.45) is 0.0486. The fraction of sp³-hybridized carbons (Fsp3) is 0.400. The van der Waals surface area contributed by atoms with E-state index in [4.69, 9.17) is 26.6 Å². The molecule has 23 heavy (non-hydrogen) atoms. The van der Waals surface area contributed by atoms with Crippen LogP contribution in [-0.4, -0.2) is 53.3 Å².